The number of unbranched alkanes of at least 4 members (excludes halogenated alkanes) is 1. The highest BCUT2D eigenvalue weighted by Gasteiger charge is 2.47. The van der Waals surface area contributed by atoms with Gasteiger partial charge in [0.25, 0.3) is 0 Å². The van der Waals surface area contributed by atoms with Crippen LogP contribution in [0.15, 0.2) is 0 Å². The van der Waals surface area contributed by atoms with Crippen LogP contribution in [0.3, 0.4) is 0 Å². The van der Waals surface area contributed by atoms with Gasteiger partial charge < -0.3 is 15.0 Å². The Morgan fingerprint density at radius 3 is 2.59 bits per heavy atom. The van der Waals surface area contributed by atoms with Crippen molar-refractivity contribution in [2.75, 3.05) is 19.7 Å². The molecular weight excluding hydrogens is 305 g/mol. The van der Waals surface area contributed by atoms with E-state index < -0.39 is 36.5 Å². The fourth-order valence-corrected chi connectivity index (χ4v) is 2.10. The Bertz CT molecular complexity index is 426. The van der Waals surface area contributed by atoms with Gasteiger partial charge in [0.1, 0.15) is 12.6 Å². The van der Waals surface area contributed by atoms with Crippen LogP contribution < -0.4 is 5.32 Å². The topological polar surface area (TPSA) is 75.7 Å². The zero-order valence-corrected chi connectivity index (χ0v) is 12.2. The molecule has 1 atom stereocenters. The number of hydrogen-bond donors (Lipinski definition) is 1. The first-order chi connectivity index (χ1) is 10.3. The van der Waals surface area contributed by atoms with E-state index in [2.05, 4.69) is 5.32 Å². The molecule has 0 aromatic rings. The molecule has 1 aliphatic heterocycles. The van der Waals surface area contributed by atoms with Gasteiger partial charge >= 0.3 is 18.1 Å². The number of rotatable bonds is 6. The van der Waals surface area contributed by atoms with Gasteiger partial charge in [-0.3, -0.25) is 14.4 Å². The van der Waals surface area contributed by atoms with Gasteiger partial charge in [0, 0.05) is 6.54 Å². The number of alkyl halides is 3. The van der Waals surface area contributed by atoms with Crippen LogP contribution in [0, 0.1) is 0 Å². The van der Waals surface area contributed by atoms with Crippen LogP contribution >= 0.6 is 0 Å². The Morgan fingerprint density at radius 2 is 2.00 bits per heavy atom. The second kappa shape index (κ2) is 8.00. The van der Waals surface area contributed by atoms with Crippen LogP contribution in [-0.2, 0) is 19.1 Å². The van der Waals surface area contributed by atoms with Gasteiger partial charge in [-0.25, -0.2) is 0 Å². The number of nitrogens with one attached hydrogen (secondary N) is 1. The van der Waals surface area contributed by atoms with Crippen LogP contribution in [0.25, 0.3) is 0 Å². The molecule has 0 aromatic carbocycles. The largest absolute Gasteiger partial charge is 0.471 e. The second-order valence-corrected chi connectivity index (χ2v) is 4.95. The van der Waals surface area contributed by atoms with Crippen LogP contribution in [0.5, 0.6) is 0 Å². The van der Waals surface area contributed by atoms with Crippen LogP contribution in [-0.4, -0.2) is 54.6 Å². The number of nitrogens with zero attached hydrogens (tertiary/aromatic N) is 1. The molecule has 1 fully saturated rings. The molecule has 0 spiro atoms. The molecule has 1 rings (SSSR count). The SMILES string of the molecule is CCCCOC(=O)CNC(=O)[C@@H]1CCCN1C(=O)C(F)(F)F. The molecule has 126 valence electrons. The maximum atomic E-state index is 12.4. The molecule has 2 amide bonds. The molecule has 1 saturated heterocycles. The minimum absolute atomic E-state index is 0.128. The Balaban J connectivity index is 2.47. The zero-order chi connectivity index (χ0) is 16.8. The van der Waals surface area contributed by atoms with Gasteiger partial charge in [0.15, 0.2) is 0 Å². The molecule has 0 bridgehead atoms. The monoisotopic (exact) mass is 324 g/mol. The number of hydrogen-bond acceptors (Lipinski definition) is 4. The van der Waals surface area contributed by atoms with Gasteiger partial charge in [-0.15, -0.1) is 0 Å². The maximum absolute atomic E-state index is 12.4. The van der Waals surface area contributed by atoms with Crippen LogP contribution in [0.1, 0.15) is 32.6 Å². The summed E-state index contributed by atoms with van der Waals surface area (Å²) in [5.74, 6) is -3.47. The molecular formula is C13H19F3N2O4. The first-order valence-corrected chi connectivity index (χ1v) is 7.08. The van der Waals surface area contributed by atoms with E-state index in [1.165, 1.54) is 0 Å². The highest BCUT2D eigenvalue weighted by molar-refractivity contribution is 5.91. The molecule has 0 unspecified atom stereocenters. The summed E-state index contributed by atoms with van der Waals surface area (Å²) in [7, 11) is 0. The zero-order valence-electron chi connectivity index (χ0n) is 12.2. The van der Waals surface area contributed by atoms with Crippen molar-refractivity contribution in [2.45, 2.75) is 44.8 Å². The lowest BCUT2D eigenvalue weighted by Gasteiger charge is -2.24. The van der Waals surface area contributed by atoms with E-state index >= 15 is 0 Å². The van der Waals surface area contributed by atoms with Crippen molar-refractivity contribution < 1.29 is 32.3 Å². The second-order valence-electron chi connectivity index (χ2n) is 4.95. The number of carbonyl (C=O) groups excluding carboxylic acids is 3. The lowest BCUT2D eigenvalue weighted by atomic mass is 10.2. The van der Waals surface area contributed by atoms with Crippen molar-refractivity contribution in [3.05, 3.63) is 0 Å². The van der Waals surface area contributed by atoms with E-state index in [1.54, 1.807) is 0 Å². The molecule has 22 heavy (non-hydrogen) atoms. The van der Waals surface area contributed by atoms with Gasteiger partial charge in [0.05, 0.1) is 6.61 Å². The summed E-state index contributed by atoms with van der Waals surface area (Å²) in [6, 6.07) is -1.20. The number of likely N-dealkylation sites (tertiary alicyclic amines) is 1. The summed E-state index contributed by atoms with van der Waals surface area (Å²) in [6.07, 6.45) is -3.03. The Hall–Kier alpha value is -1.80. The third kappa shape index (κ3) is 5.19. The lowest BCUT2D eigenvalue weighted by molar-refractivity contribution is -0.186. The van der Waals surface area contributed by atoms with Gasteiger partial charge in [-0.05, 0) is 19.3 Å². The smallest absolute Gasteiger partial charge is 0.464 e. The Labute approximate surface area is 126 Å². The van der Waals surface area contributed by atoms with Crippen molar-refractivity contribution in [2.24, 2.45) is 0 Å². The Kier molecular flexibility index (Phi) is 6.63. The fourth-order valence-electron chi connectivity index (χ4n) is 2.10. The minimum atomic E-state index is -5.01. The first-order valence-electron chi connectivity index (χ1n) is 7.08. The van der Waals surface area contributed by atoms with Crippen molar-refractivity contribution in [3.8, 4) is 0 Å². The van der Waals surface area contributed by atoms with Gasteiger partial charge in [-0.1, -0.05) is 13.3 Å². The number of carbonyl (C=O) groups is 3. The quantitative estimate of drug-likeness (QED) is 0.584. The maximum Gasteiger partial charge on any atom is 0.471 e. The number of ether oxygens (including phenoxy) is 1. The highest BCUT2D eigenvalue weighted by Crippen LogP contribution is 2.25. The van der Waals surface area contributed by atoms with E-state index in [1.807, 2.05) is 6.92 Å². The highest BCUT2D eigenvalue weighted by atomic mass is 19.4. The van der Waals surface area contributed by atoms with Gasteiger partial charge in [0.2, 0.25) is 5.91 Å². The summed E-state index contributed by atoms with van der Waals surface area (Å²) in [4.78, 5) is 34.9. The molecule has 0 aliphatic carbocycles. The minimum Gasteiger partial charge on any atom is -0.464 e. The standard InChI is InChI=1S/C13H19F3N2O4/c1-2-3-7-22-10(19)8-17-11(20)9-5-4-6-18(9)12(21)13(14,15)16/h9H,2-8H2,1H3,(H,17,20)/t9-/m0/s1. The first kappa shape index (κ1) is 18.2. The van der Waals surface area contributed by atoms with E-state index in [4.69, 9.17) is 4.74 Å². The normalized spacial score (nSPS) is 18.2. The number of amides is 2. The Morgan fingerprint density at radius 1 is 1.32 bits per heavy atom. The van der Waals surface area contributed by atoms with E-state index in [9.17, 15) is 27.6 Å². The van der Waals surface area contributed by atoms with E-state index in [0.29, 0.717) is 17.7 Å². The third-order valence-electron chi connectivity index (χ3n) is 3.23. The summed E-state index contributed by atoms with van der Waals surface area (Å²) in [6.45, 7) is 1.60. The third-order valence-corrected chi connectivity index (χ3v) is 3.23. The van der Waals surface area contributed by atoms with Crippen molar-refractivity contribution in [1.29, 1.82) is 0 Å². The van der Waals surface area contributed by atoms with E-state index in [0.717, 1.165) is 6.42 Å². The van der Waals surface area contributed by atoms with Crippen molar-refractivity contribution in [3.63, 3.8) is 0 Å². The molecule has 1 heterocycles. The summed E-state index contributed by atoms with van der Waals surface area (Å²) < 4.78 is 42.1. The molecule has 1 aliphatic rings. The predicted octanol–water partition coefficient (Wildman–Crippen LogP) is 0.999. The summed E-state index contributed by atoms with van der Waals surface area (Å²) in [5, 5.41) is 2.21. The molecule has 1 N–H and O–H groups in total. The van der Waals surface area contributed by atoms with Crippen LogP contribution in [0.2, 0.25) is 0 Å². The number of esters is 1. The van der Waals surface area contributed by atoms with Crippen molar-refractivity contribution in [1.82, 2.24) is 10.2 Å². The molecule has 0 aromatic heterocycles. The number of halogens is 3. The lowest BCUT2D eigenvalue weighted by Crippen LogP contribution is -2.50. The summed E-state index contributed by atoms with van der Waals surface area (Å²) >= 11 is 0. The average Bonchev–Trinajstić information content (AvgIpc) is 2.92. The summed E-state index contributed by atoms with van der Waals surface area (Å²) in [5.41, 5.74) is 0. The fraction of sp³-hybridized carbons (Fsp3) is 0.769. The van der Waals surface area contributed by atoms with Crippen LogP contribution in [0.4, 0.5) is 13.2 Å². The van der Waals surface area contributed by atoms with Crippen molar-refractivity contribution >= 4 is 17.8 Å². The average molecular weight is 324 g/mol. The van der Waals surface area contributed by atoms with E-state index in [-0.39, 0.29) is 19.6 Å². The molecule has 6 nitrogen and oxygen atoms in total. The molecule has 0 radical (unpaired) electrons. The molecule has 0 saturated carbocycles. The van der Waals surface area contributed by atoms with Gasteiger partial charge in [-0.2, -0.15) is 13.2 Å². The predicted molar refractivity (Wildman–Crippen MR) is 69.7 cm³/mol. The molecule has 9 heteroatoms.